The van der Waals surface area contributed by atoms with E-state index in [1.807, 2.05) is 61.5 Å². The minimum Gasteiger partial charge on any atom is -0.441 e. The number of benzene rings is 2. The van der Waals surface area contributed by atoms with Gasteiger partial charge in [0.05, 0.1) is 12.6 Å². The minimum absolute atomic E-state index is 0.0506. The first-order valence-corrected chi connectivity index (χ1v) is 9.34. The van der Waals surface area contributed by atoms with Crippen LogP contribution in [-0.4, -0.2) is 21.0 Å². The lowest BCUT2D eigenvalue weighted by Gasteiger charge is -2.01. The zero-order valence-corrected chi connectivity index (χ0v) is 16.0. The summed E-state index contributed by atoms with van der Waals surface area (Å²) >= 11 is 0. The molecule has 7 heteroatoms. The maximum Gasteiger partial charge on any atom is 0.232 e. The maximum atomic E-state index is 12.1. The number of para-hydroxylation sites is 1. The number of hydrogen-bond acceptors (Lipinski definition) is 6. The van der Waals surface area contributed by atoms with Gasteiger partial charge in [-0.2, -0.15) is 4.98 Å². The topological polar surface area (TPSA) is 94.1 Å². The zero-order valence-electron chi connectivity index (χ0n) is 16.0. The van der Waals surface area contributed by atoms with E-state index in [-0.39, 0.29) is 12.3 Å². The van der Waals surface area contributed by atoms with Gasteiger partial charge in [-0.15, -0.1) is 0 Å². The number of anilines is 1. The van der Waals surface area contributed by atoms with Gasteiger partial charge in [0, 0.05) is 24.1 Å². The fourth-order valence-corrected chi connectivity index (χ4v) is 2.82. The normalized spacial score (nSPS) is 10.8. The fourth-order valence-electron chi connectivity index (χ4n) is 2.82. The minimum atomic E-state index is -0.195. The maximum absolute atomic E-state index is 12.1. The summed E-state index contributed by atoms with van der Waals surface area (Å²) in [6.07, 6.45) is 2.78. The van der Waals surface area contributed by atoms with Crippen LogP contribution in [0, 0.1) is 6.92 Å². The summed E-state index contributed by atoms with van der Waals surface area (Å²) in [5.41, 5.74) is 2.91. The smallest absolute Gasteiger partial charge is 0.232 e. The molecule has 0 atom stereocenters. The Morgan fingerprint density at radius 3 is 2.55 bits per heavy atom. The number of aryl methyl sites for hydroxylation is 3. The number of nitrogens with one attached hydrogen (secondary N) is 1. The van der Waals surface area contributed by atoms with Crippen LogP contribution >= 0.6 is 0 Å². The molecule has 0 saturated carbocycles. The highest BCUT2D eigenvalue weighted by Crippen LogP contribution is 2.21. The molecule has 7 nitrogen and oxygen atoms in total. The van der Waals surface area contributed by atoms with Crippen LogP contribution in [0.4, 0.5) is 5.69 Å². The molecule has 0 bridgehead atoms. The summed E-state index contributed by atoms with van der Waals surface area (Å²) in [5, 5.41) is 6.67. The first-order valence-electron chi connectivity index (χ1n) is 9.34. The van der Waals surface area contributed by atoms with Gasteiger partial charge in [-0.3, -0.25) is 4.79 Å². The highest BCUT2D eigenvalue weighted by atomic mass is 16.5. The molecule has 4 aromatic rings. The highest BCUT2D eigenvalue weighted by molar-refractivity contribution is 5.91. The molecule has 4 rings (SSSR count). The highest BCUT2D eigenvalue weighted by Gasteiger charge is 2.13. The van der Waals surface area contributed by atoms with Crippen molar-refractivity contribution in [2.75, 3.05) is 5.32 Å². The van der Waals surface area contributed by atoms with E-state index in [0.29, 0.717) is 30.4 Å². The molecule has 0 aliphatic heterocycles. The van der Waals surface area contributed by atoms with Crippen LogP contribution in [0.2, 0.25) is 0 Å². The van der Waals surface area contributed by atoms with E-state index in [4.69, 9.17) is 8.94 Å². The predicted octanol–water partition coefficient (Wildman–Crippen LogP) is 4.00. The van der Waals surface area contributed by atoms with Crippen molar-refractivity contribution < 1.29 is 13.7 Å². The summed E-state index contributed by atoms with van der Waals surface area (Å²) in [6.45, 7) is 2.04. The second kappa shape index (κ2) is 8.52. The van der Waals surface area contributed by atoms with E-state index < -0.39 is 0 Å². The Balaban J connectivity index is 1.30. The summed E-state index contributed by atoms with van der Waals surface area (Å²) in [5.74, 6) is 1.92. The van der Waals surface area contributed by atoms with Crippen molar-refractivity contribution in [1.82, 2.24) is 15.1 Å². The van der Waals surface area contributed by atoms with Crippen LogP contribution in [0.5, 0.6) is 0 Å². The number of aromatic nitrogens is 3. The van der Waals surface area contributed by atoms with Crippen LogP contribution in [0.1, 0.15) is 23.2 Å². The van der Waals surface area contributed by atoms with Crippen molar-refractivity contribution in [1.29, 1.82) is 0 Å². The van der Waals surface area contributed by atoms with Crippen LogP contribution in [0.3, 0.4) is 0 Å². The third kappa shape index (κ3) is 4.95. The molecular formula is C22H20N4O3. The van der Waals surface area contributed by atoms with Crippen LogP contribution in [-0.2, 0) is 24.1 Å². The monoisotopic (exact) mass is 388 g/mol. The summed E-state index contributed by atoms with van der Waals surface area (Å²) in [4.78, 5) is 20.7. The van der Waals surface area contributed by atoms with Crippen molar-refractivity contribution in [3.05, 3.63) is 84.0 Å². The lowest BCUT2D eigenvalue weighted by molar-refractivity contribution is -0.115. The van der Waals surface area contributed by atoms with E-state index in [1.165, 1.54) is 5.56 Å². The molecule has 2 heterocycles. The Hall–Kier alpha value is -3.74. The summed E-state index contributed by atoms with van der Waals surface area (Å²) < 4.78 is 11.0. The van der Waals surface area contributed by atoms with Crippen LogP contribution in [0.25, 0.3) is 11.3 Å². The van der Waals surface area contributed by atoms with Gasteiger partial charge in [-0.1, -0.05) is 53.2 Å². The second-order valence-corrected chi connectivity index (χ2v) is 6.68. The van der Waals surface area contributed by atoms with E-state index in [1.54, 1.807) is 6.20 Å². The Kier molecular flexibility index (Phi) is 5.47. The van der Waals surface area contributed by atoms with E-state index in [2.05, 4.69) is 20.4 Å². The zero-order chi connectivity index (χ0) is 20.1. The van der Waals surface area contributed by atoms with E-state index in [9.17, 15) is 4.79 Å². The molecule has 1 amide bonds. The van der Waals surface area contributed by atoms with Gasteiger partial charge in [0.25, 0.3) is 0 Å². The van der Waals surface area contributed by atoms with Crippen molar-refractivity contribution in [3.63, 3.8) is 0 Å². The predicted molar refractivity (Wildman–Crippen MR) is 107 cm³/mol. The van der Waals surface area contributed by atoms with E-state index in [0.717, 1.165) is 17.0 Å². The number of nitrogens with zero attached hydrogens (tertiary/aromatic N) is 3. The molecule has 2 aromatic heterocycles. The van der Waals surface area contributed by atoms with Gasteiger partial charge in [0.2, 0.25) is 11.8 Å². The molecule has 0 fully saturated rings. The van der Waals surface area contributed by atoms with Crippen molar-refractivity contribution >= 4 is 11.6 Å². The average Bonchev–Trinajstić information content (AvgIpc) is 3.37. The van der Waals surface area contributed by atoms with Crippen LogP contribution < -0.4 is 5.32 Å². The Labute approximate surface area is 167 Å². The lowest BCUT2D eigenvalue weighted by atomic mass is 10.1. The molecule has 0 aliphatic rings. The number of carbonyl (C=O) groups is 1. The number of oxazole rings is 1. The van der Waals surface area contributed by atoms with Gasteiger partial charge in [0.15, 0.2) is 17.5 Å². The van der Waals surface area contributed by atoms with Crippen molar-refractivity contribution in [2.45, 2.75) is 26.2 Å². The lowest BCUT2D eigenvalue weighted by Crippen LogP contribution is -2.15. The van der Waals surface area contributed by atoms with Gasteiger partial charge in [-0.25, -0.2) is 4.98 Å². The number of carbonyl (C=O) groups excluding carboxylic acids is 1. The molecular weight excluding hydrogens is 368 g/mol. The molecule has 29 heavy (non-hydrogen) atoms. The number of hydrogen-bond donors (Lipinski definition) is 1. The Morgan fingerprint density at radius 2 is 1.76 bits per heavy atom. The Morgan fingerprint density at radius 1 is 1.00 bits per heavy atom. The molecule has 0 spiro atoms. The largest absolute Gasteiger partial charge is 0.441 e. The molecule has 0 radical (unpaired) electrons. The molecule has 146 valence electrons. The molecule has 0 saturated heterocycles. The summed E-state index contributed by atoms with van der Waals surface area (Å²) in [6, 6.07) is 17.3. The molecule has 1 N–H and O–H groups in total. The molecule has 2 aromatic carbocycles. The molecule has 0 unspecified atom stereocenters. The average molecular weight is 388 g/mol. The number of amides is 1. The van der Waals surface area contributed by atoms with Crippen molar-refractivity contribution in [2.24, 2.45) is 0 Å². The number of rotatable bonds is 7. The van der Waals surface area contributed by atoms with Gasteiger partial charge in [-0.05, 0) is 19.1 Å². The summed E-state index contributed by atoms with van der Waals surface area (Å²) in [7, 11) is 0. The first kappa shape index (κ1) is 18.6. The van der Waals surface area contributed by atoms with Gasteiger partial charge >= 0.3 is 0 Å². The molecule has 0 aliphatic carbocycles. The third-order valence-corrected chi connectivity index (χ3v) is 4.33. The fraction of sp³-hybridized carbons (Fsp3) is 0.182. The van der Waals surface area contributed by atoms with E-state index >= 15 is 0 Å². The second-order valence-electron chi connectivity index (χ2n) is 6.68. The van der Waals surface area contributed by atoms with Gasteiger partial charge < -0.3 is 14.3 Å². The first-order chi connectivity index (χ1) is 14.2. The van der Waals surface area contributed by atoms with Crippen LogP contribution in [0.15, 0.2) is 69.7 Å². The quantitative estimate of drug-likeness (QED) is 0.514. The third-order valence-electron chi connectivity index (χ3n) is 4.33. The van der Waals surface area contributed by atoms with Gasteiger partial charge in [0.1, 0.15) is 0 Å². The standard InChI is InChI=1S/C22H20N4O3/c1-15-7-9-16(10-8-15)18-14-23-21(28-18)11-12-22-25-19(26-29-22)13-20(27)24-17-5-3-2-4-6-17/h2-10,14H,11-13H2,1H3,(H,24,27). The SMILES string of the molecule is Cc1ccc(-c2cnc(CCc3nc(CC(=O)Nc4ccccc4)no3)o2)cc1. The Bertz CT molecular complexity index is 1080. The van der Waals surface area contributed by atoms with Crippen molar-refractivity contribution in [3.8, 4) is 11.3 Å².